The molecule has 0 spiro atoms. The van der Waals surface area contributed by atoms with Gasteiger partial charge in [0.2, 0.25) is 5.91 Å². The first-order chi connectivity index (χ1) is 37.5. The van der Waals surface area contributed by atoms with Crippen LogP contribution in [0.3, 0.4) is 0 Å². The largest absolute Gasteiger partial charge is 0.466 e. The van der Waals surface area contributed by atoms with Crippen LogP contribution < -0.4 is 5.32 Å². The minimum absolute atomic E-state index is 0.0169. The van der Waals surface area contributed by atoms with Crippen molar-refractivity contribution in [1.82, 2.24) is 5.32 Å². The molecule has 0 aromatic heterocycles. The topological polar surface area (TPSA) is 95.9 Å². The van der Waals surface area contributed by atoms with E-state index in [-0.39, 0.29) is 18.5 Å². The maximum atomic E-state index is 12.5. The summed E-state index contributed by atoms with van der Waals surface area (Å²) in [6.07, 6.45) is 82.3. The van der Waals surface area contributed by atoms with Gasteiger partial charge in [-0.3, -0.25) is 9.59 Å². The van der Waals surface area contributed by atoms with E-state index in [2.05, 4.69) is 43.5 Å². The van der Waals surface area contributed by atoms with Gasteiger partial charge in [0.1, 0.15) is 0 Å². The number of carbonyl (C=O) groups is 2. The number of carbonyl (C=O) groups excluding carboxylic acids is 2. The molecule has 0 aromatic carbocycles. The summed E-state index contributed by atoms with van der Waals surface area (Å²) in [7, 11) is 0. The summed E-state index contributed by atoms with van der Waals surface area (Å²) in [4.78, 5) is 24.5. The van der Waals surface area contributed by atoms with Gasteiger partial charge in [-0.1, -0.05) is 340 Å². The molecule has 0 saturated heterocycles. The molecular weight excluding hydrogens is 935 g/mol. The predicted octanol–water partition coefficient (Wildman–Crippen LogP) is 22.1. The number of rotatable bonds is 65. The van der Waals surface area contributed by atoms with E-state index >= 15 is 0 Å². The third-order valence-corrected chi connectivity index (χ3v) is 16.3. The van der Waals surface area contributed by atoms with Gasteiger partial charge in [-0.2, -0.15) is 0 Å². The molecule has 6 heteroatoms. The number of allylic oxidation sites excluding steroid dienone is 4. The van der Waals surface area contributed by atoms with Crippen molar-refractivity contribution < 1.29 is 24.5 Å². The zero-order valence-electron chi connectivity index (χ0n) is 51.5. The highest BCUT2D eigenvalue weighted by Crippen LogP contribution is 2.19. The summed E-state index contributed by atoms with van der Waals surface area (Å²) in [6, 6.07) is -0.538. The number of nitrogens with one attached hydrogen (secondary N) is 1. The van der Waals surface area contributed by atoms with Crippen molar-refractivity contribution in [2.75, 3.05) is 13.2 Å². The van der Waals surface area contributed by atoms with Crippen molar-refractivity contribution >= 4 is 11.9 Å². The van der Waals surface area contributed by atoms with E-state index in [1.165, 1.54) is 308 Å². The first kappa shape index (κ1) is 74.3. The van der Waals surface area contributed by atoms with E-state index in [0.717, 1.165) is 44.9 Å². The number of hydrogen-bond acceptors (Lipinski definition) is 5. The van der Waals surface area contributed by atoms with Crippen LogP contribution in [0.2, 0.25) is 0 Å². The summed E-state index contributed by atoms with van der Waals surface area (Å²) in [5.41, 5.74) is 0. The Hall–Kier alpha value is -1.66. The molecular formula is C70H135NO5. The highest BCUT2D eigenvalue weighted by atomic mass is 16.5. The van der Waals surface area contributed by atoms with Gasteiger partial charge in [0.25, 0.3) is 0 Å². The van der Waals surface area contributed by atoms with Gasteiger partial charge in [0.05, 0.1) is 25.4 Å². The Kier molecular flexibility index (Phi) is 64.4. The molecule has 0 radical (unpaired) electrons. The fraction of sp³-hybridized carbons (Fsp3) is 0.914. The van der Waals surface area contributed by atoms with E-state index in [4.69, 9.17) is 4.74 Å². The highest BCUT2D eigenvalue weighted by molar-refractivity contribution is 5.76. The van der Waals surface area contributed by atoms with E-state index in [0.29, 0.717) is 25.9 Å². The normalized spacial score (nSPS) is 12.6. The minimum atomic E-state index is -0.661. The van der Waals surface area contributed by atoms with Crippen molar-refractivity contribution in [1.29, 1.82) is 0 Å². The number of unbranched alkanes of at least 4 members (excludes halogenated alkanes) is 50. The molecule has 0 aliphatic heterocycles. The molecule has 0 fully saturated rings. The summed E-state index contributed by atoms with van der Waals surface area (Å²) < 4.78 is 5.47. The first-order valence-corrected chi connectivity index (χ1v) is 34.6. The van der Waals surface area contributed by atoms with Crippen LogP contribution in [0.25, 0.3) is 0 Å². The summed E-state index contributed by atoms with van der Waals surface area (Å²) in [5.74, 6) is -0.0138. The van der Waals surface area contributed by atoms with Crippen molar-refractivity contribution in [3.05, 3.63) is 24.3 Å². The molecule has 450 valence electrons. The zero-order valence-corrected chi connectivity index (χ0v) is 51.5. The van der Waals surface area contributed by atoms with Crippen LogP contribution in [0.4, 0.5) is 0 Å². The Labute approximate surface area is 475 Å². The monoisotopic (exact) mass is 1070 g/mol. The molecule has 0 rings (SSSR count). The molecule has 0 aliphatic carbocycles. The van der Waals surface area contributed by atoms with E-state index < -0.39 is 12.1 Å². The second-order valence-electron chi connectivity index (χ2n) is 23.9. The summed E-state index contributed by atoms with van der Waals surface area (Å²) in [5, 5.41) is 23.3. The van der Waals surface area contributed by atoms with Crippen molar-refractivity contribution in [2.45, 2.75) is 398 Å². The molecule has 0 heterocycles. The molecule has 2 atom stereocenters. The molecule has 76 heavy (non-hydrogen) atoms. The number of aliphatic hydroxyl groups excluding tert-OH is 2. The van der Waals surface area contributed by atoms with Gasteiger partial charge in [-0.25, -0.2) is 0 Å². The second kappa shape index (κ2) is 65.9. The highest BCUT2D eigenvalue weighted by Gasteiger charge is 2.20. The molecule has 0 aromatic rings. The first-order valence-electron chi connectivity index (χ1n) is 34.6. The third kappa shape index (κ3) is 61.6. The summed E-state index contributed by atoms with van der Waals surface area (Å²) >= 11 is 0. The molecule has 1 amide bonds. The van der Waals surface area contributed by atoms with Gasteiger partial charge < -0.3 is 20.3 Å². The van der Waals surface area contributed by atoms with Crippen LogP contribution in [0, 0.1) is 0 Å². The maximum absolute atomic E-state index is 12.5. The lowest BCUT2D eigenvalue weighted by molar-refractivity contribution is -0.143. The quantitative estimate of drug-likeness (QED) is 0.0320. The lowest BCUT2D eigenvalue weighted by Crippen LogP contribution is -2.45. The molecule has 0 aliphatic rings. The third-order valence-electron chi connectivity index (χ3n) is 16.3. The number of hydrogen-bond donors (Lipinski definition) is 3. The van der Waals surface area contributed by atoms with E-state index in [1.54, 1.807) is 0 Å². The van der Waals surface area contributed by atoms with Gasteiger partial charge in [0.15, 0.2) is 0 Å². The van der Waals surface area contributed by atoms with Crippen LogP contribution in [-0.4, -0.2) is 47.4 Å². The van der Waals surface area contributed by atoms with Crippen LogP contribution in [0.1, 0.15) is 386 Å². The number of esters is 1. The van der Waals surface area contributed by atoms with Crippen LogP contribution in [0.5, 0.6) is 0 Å². The average molecular weight is 1070 g/mol. The average Bonchev–Trinajstić information content (AvgIpc) is 3.42. The van der Waals surface area contributed by atoms with Crippen LogP contribution >= 0.6 is 0 Å². The van der Waals surface area contributed by atoms with Crippen molar-refractivity contribution in [3.8, 4) is 0 Å². The standard InChI is InChI=1S/C70H135NO5/c1-3-5-7-9-11-13-15-39-43-46-50-54-58-62-68(73)67(66-72)71-69(74)63-59-55-51-47-44-40-37-35-33-31-29-27-25-23-21-19-17-16-18-20-22-24-26-28-30-32-34-36-38-41-45-49-53-57-61-65-76-70(75)64-60-56-52-48-42-14-12-10-8-6-4-2/h18,20,24,26,67-68,72-73H,3-17,19,21-23,25,27-66H2,1-2H3,(H,71,74)/b20-18-,26-24-. The second-order valence-corrected chi connectivity index (χ2v) is 23.9. The summed E-state index contributed by atoms with van der Waals surface area (Å²) in [6.45, 7) is 4.97. The van der Waals surface area contributed by atoms with E-state index in [1.807, 2.05) is 0 Å². The fourth-order valence-electron chi connectivity index (χ4n) is 11.0. The number of aliphatic hydroxyl groups is 2. The van der Waals surface area contributed by atoms with Gasteiger partial charge in [-0.05, 0) is 57.8 Å². The van der Waals surface area contributed by atoms with Crippen LogP contribution in [-0.2, 0) is 14.3 Å². The van der Waals surface area contributed by atoms with Crippen LogP contribution in [0.15, 0.2) is 24.3 Å². The van der Waals surface area contributed by atoms with Gasteiger partial charge >= 0.3 is 5.97 Å². The Balaban J connectivity index is 3.36. The minimum Gasteiger partial charge on any atom is -0.466 e. The van der Waals surface area contributed by atoms with Gasteiger partial charge in [-0.15, -0.1) is 0 Å². The molecule has 0 bridgehead atoms. The Morgan fingerprint density at radius 3 is 1.00 bits per heavy atom. The predicted molar refractivity (Wildman–Crippen MR) is 333 cm³/mol. The van der Waals surface area contributed by atoms with Crippen molar-refractivity contribution in [3.63, 3.8) is 0 Å². The molecule has 6 nitrogen and oxygen atoms in total. The smallest absolute Gasteiger partial charge is 0.305 e. The lowest BCUT2D eigenvalue weighted by atomic mass is 10.0. The Morgan fingerprint density at radius 2 is 0.658 bits per heavy atom. The number of amides is 1. The van der Waals surface area contributed by atoms with Crippen molar-refractivity contribution in [2.24, 2.45) is 0 Å². The fourth-order valence-corrected chi connectivity index (χ4v) is 11.0. The Bertz CT molecular complexity index is 1190. The maximum Gasteiger partial charge on any atom is 0.305 e. The molecule has 2 unspecified atom stereocenters. The number of ether oxygens (including phenoxy) is 1. The Morgan fingerprint density at radius 1 is 0.368 bits per heavy atom. The zero-order chi connectivity index (χ0) is 55.0. The van der Waals surface area contributed by atoms with Gasteiger partial charge in [0, 0.05) is 12.8 Å². The molecule has 3 N–H and O–H groups in total. The molecule has 0 saturated carbocycles. The van der Waals surface area contributed by atoms with E-state index in [9.17, 15) is 19.8 Å². The lowest BCUT2D eigenvalue weighted by Gasteiger charge is -2.22. The SMILES string of the molecule is CCCCCCCCCCCCCCCC(O)C(CO)NC(=O)CCCCCCCCCCCCCCCCCCC/C=C\C/C=C\CCCCCCCCCCCCCOC(=O)CCCCCCCCCCCCC.